The van der Waals surface area contributed by atoms with Crippen molar-refractivity contribution in [3.05, 3.63) is 59.7 Å². The van der Waals surface area contributed by atoms with Crippen LogP contribution in [0.25, 0.3) is 11.1 Å². The fourth-order valence-electron chi connectivity index (χ4n) is 5.14. The Kier molecular flexibility index (Phi) is 6.21. The number of amides is 2. The first-order chi connectivity index (χ1) is 16.9. The highest BCUT2D eigenvalue weighted by Gasteiger charge is 2.45. The van der Waals surface area contributed by atoms with E-state index < -0.39 is 29.8 Å². The number of alkyl carbamates (subject to hydrolysis) is 1. The summed E-state index contributed by atoms with van der Waals surface area (Å²) < 4.78 is 16.6. The number of nitrogens with zero attached hydrogens (tertiary/aromatic N) is 1. The maximum Gasteiger partial charge on any atom is 0.407 e. The Balaban J connectivity index is 1.21. The smallest absolute Gasteiger partial charge is 0.407 e. The van der Waals surface area contributed by atoms with E-state index in [1.807, 2.05) is 36.4 Å². The van der Waals surface area contributed by atoms with Crippen molar-refractivity contribution in [3.8, 4) is 11.1 Å². The number of carboxylic acids is 1. The molecule has 9 heteroatoms. The lowest BCUT2D eigenvalue weighted by Crippen LogP contribution is -2.59. The summed E-state index contributed by atoms with van der Waals surface area (Å²) in [6.45, 7) is 2.22. The number of carboxylic acid groups (broad SMARTS) is 1. The zero-order valence-electron chi connectivity index (χ0n) is 19.4. The molecule has 0 spiro atoms. The standard InChI is InChI=1S/C26H28N2O7/c1-26(24(30)31)15-28(11-13-35-26)23(29)22-21(10-12-33-22)27-25(32)34-14-20-18-8-4-2-6-16(18)17-7-3-5-9-19(17)20/h2-9,20-22H,10-15H2,1H3,(H,27,32)(H,30,31)/t21-,22+,26?/m1/s1. The molecule has 1 unspecified atom stereocenters. The normalized spacial score (nSPS) is 25.6. The van der Waals surface area contributed by atoms with Gasteiger partial charge in [0.15, 0.2) is 11.7 Å². The van der Waals surface area contributed by atoms with E-state index in [1.165, 1.54) is 11.8 Å². The summed E-state index contributed by atoms with van der Waals surface area (Å²) in [5.41, 5.74) is 3.05. The molecule has 0 aromatic heterocycles. The van der Waals surface area contributed by atoms with Crippen LogP contribution in [0.1, 0.15) is 30.4 Å². The van der Waals surface area contributed by atoms with Gasteiger partial charge in [0.2, 0.25) is 0 Å². The molecule has 9 nitrogen and oxygen atoms in total. The minimum absolute atomic E-state index is 0.0625. The third-order valence-corrected chi connectivity index (χ3v) is 7.02. The molecule has 1 aliphatic carbocycles. The van der Waals surface area contributed by atoms with Gasteiger partial charge in [0.1, 0.15) is 6.61 Å². The molecule has 184 valence electrons. The second-order valence-corrected chi connectivity index (χ2v) is 9.30. The highest BCUT2D eigenvalue weighted by atomic mass is 16.6. The Morgan fingerprint density at radius 1 is 1.09 bits per heavy atom. The van der Waals surface area contributed by atoms with Gasteiger partial charge in [0.05, 0.1) is 19.2 Å². The number of hydrogen-bond acceptors (Lipinski definition) is 6. The van der Waals surface area contributed by atoms with Crippen molar-refractivity contribution in [3.63, 3.8) is 0 Å². The van der Waals surface area contributed by atoms with Gasteiger partial charge in [-0.2, -0.15) is 0 Å². The van der Waals surface area contributed by atoms with Gasteiger partial charge in [0, 0.05) is 19.1 Å². The maximum atomic E-state index is 13.1. The Hall–Kier alpha value is -3.43. The van der Waals surface area contributed by atoms with E-state index in [0.29, 0.717) is 13.0 Å². The average Bonchev–Trinajstić information content (AvgIpc) is 3.44. The molecule has 2 amide bonds. The lowest BCUT2D eigenvalue weighted by molar-refractivity contribution is -0.179. The number of nitrogens with one attached hydrogen (secondary N) is 1. The number of fused-ring (bicyclic) bond motifs is 3. The third-order valence-electron chi connectivity index (χ3n) is 7.02. The molecule has 3 atom stereocenters. The Morgan fingerprint density at radius 2 is 1.74 bits per heavy atom. The molecule has 2 aliphatic heterocycles. The highest BCUT2D eigenvalue weighted by Crippen LogP contribution is 2.44. The van der Waals surface area contributed by atoms with Gasteiger partial charge in [-0.05, 0) is 35.6 Å². The van der Waals surface area contributed by atoms with Crippen LogP contribution in [0.2, 0.25) is 0 Å². The Morgan fingerprint density at radius 3 is 2.40 bits per heavy atom. The zero-order chi connectivity index (χ0) is 24.6. The largest absolute Gasteiger partial charge is 0.479 e. The van der Waals surface area contributed by atoms with Gasteiger partial charge in [-0.1, -0.05) is 48.5 Å². The Bertz CT molecular complexity index is 1110. The second-order valence-electron chi connectivity index (χ2n) is 9.30. The Labute approximate surface area is 203 Å². The van der Waals surface area contributed by atoms with Crippen LogP contribution in [0.15, 0.2) is 48.5 Å². The van der Waals surface area contributed by atoms with Crippen LogP contribution in [-0.2, 0) is 23.8 Å². The zero-order valence-corrected chi connectivity index (χ0v) is 19.4. The molecule has 0 saturated carbocycles. The molecule has 2 aromatic rings. The fraction of sp³-hybridized carbons (Fsp3) is 0.423. The fourth-order valence-corrected chi connectivity index (χ4v) is 5.14. The van der Waals surface area contributed by atoms with Gasteiger partial charge in [-0.25, -0.2) is 9.59 Å². The molecule has 2 fully saturated rings. The summed E-state index contributed by atoms with van der Waals surface area (Å²) in [6.07, 6.45) is -1.05. The van der Waals surface area contributed by atoms with E-state index in [1.54, 1.807) is 0 Å². The van der Waals surface area contributed by atoms with Crippen molar-refractivity contribution in [1.29, 1.82) is 0 Å². The van der Waals surface area contributed by atoms with Crippen molar-refractivity contribution in [2.24, 2.45) is 0 Å². The third kappa shape index (κ3) is 4.37. The molecule has 2 saturated heterocycles. The quantitative estimate of drug-likeness (QED) is 0.675. The lowest BCUT2D eigenvalue weighted by Gasteiger charge is -2.38. The van der Waals surface area contributed by atoms with Crippen LogP contribution < -0.4 is 5.32 Å². The van der Waals surface area contributed by atoms with Crippen molar-refractivity contribution < 1.29 is 33.7 Å². The summed E-state index contributed by atoms with van der Waals surface area (Å²) >= 11 is 0. The number of carbonyl (C=O) groups is 3. The summed E-state index contributed by atoms with van der Waals surface area (Å²) in [7, 11) is 0. The molecule has 2 N–H and O–H groups in total. The van der Waals surface area contributed by atoms with Gasteiger partial charge < -0.3 is 29.5 Å². The van der Waals surface area contributed by atoms with E-state index in [0.717, 1.165) is 22.3 Å². The van der Waals surface area contributed by atoms with Gasteiger partial charge in [0.25, 0.3) is 5.91 Å². The number of rotatable bonds is 5. The molecule has 0 bridgehead atoms. The first-order valence-electron chi connectivity index (χ1n) is 11.8. The number of ether oxygens (including phenoxy) is 3. The van der Waals surface area contributed by atoms with Gasteiger partial charge in [-0.3, -0.25) is 4.79 Å². The van der Waals surface area contributed by atoms with Crippen molar-refractivity contribution >= 4 is 18.0 Å². The van der Waals surface area contributed by atoms with Gasteiger partial charge in [-0.15, -0.1) is 0 Å². The molecule has 2 heterocycles. The van der Waals surface area contributed by atoms with E-state index in [-0.39, 0.29) is 38.1 Å². The molecule has 5 rings (SSSR count). The van der Waals surface area contributed by atoms with Crippen LogP contribution in [0.4, 0.5) is 4.79 Å². The van der Waals surface area contributed by atoms with Crippen LogP contribution in [-0.4, -0.2) is 78.6 Å². The van der Waals surface area contributed by atoms with E-state index in [4.69, 9.17) is 14.2 Å². The van der Waals surface area contributed by atoms with Crippen molar-refractivity contribution in [2.45, 2.75) is 37.0 Å². The SMILES string of the molecule is CC1(C(=O)O)CN(C(=O)[C@H]2OCC[C@H]2NC(=O)OCC2c3ccccc3-c3ccccc32)CCO1. The number of benzene rings is 2. The van der Waals surface area contributed by atoms with E-state index in [2.05, 4.69) is 17.4 Å². The molecule has 0 radical (unpaired) electrons. The summed E-state index contributed by atoms with van der Waals surface area (Å²) in [4.78, 5) is 38.8. The van der Waals surface area contributed by atoms with Crippen LogP contribution >= 0.6 is 0 Å². The summed E-state index contributed by atoms with van der Waals surface area (Å²) in [5.74, 6) is -1.55. The number of hydrogen-bond donors (Lipinski definition) is 2. The lowest BCUT2D eigenvalue weighted by atomic mass is 9.98. The maximum absolute atomic E-state index is 13.1. The predicted molar refractivity (Wildman–Crippen MR) is 125 cm³/mol. The predicted octanol–water partition coefficient (Wildman–Crippen LogP) is 2.38. The van der Waals surface area contributed by atoms with Crippen molar-refractivity contribution in [2.75, 3.05) is 32.9 Å². The van der Waals surface area contributed by atoms with E-state index in [9.17, 15) is 19.5 Å². The average molecular weight is 481 g/mol. The van der Waals surface area contributed by atoms with E-state index >= 15 is 0 Å². The van der Waals surface area contributed by atoms with Crippen LogP contribution in [0.5, 0.6) is 0 Å². The number of morpholine rings is 1. The van der Waals surface area contributed by atoms with Crippen LogP contribution in [0, 0.1) is 0 Å². The first-order valence-corrected chi connectivity index (χ1v) is 11.8. The number of aliphatic carboxylic acids is 1. The molecular weight excluding hydrogens is 452 g/mol. The summed E-state index contributed by atoms with van der Waals surface area (Å²) in [5, 5.41) is 12.2. The molecular formula is C26H28N2O7. The topological polar surface area (TPSA) is 114 Å². The minimum atomic E-state index is -1.47. The second kappa shape index (κ2) is 9.31. The monoisotopic (exact) mass is 480 g/mol. The number of carbonyl (C=O) groups excluding carboxylic acids is 2. The van der Waals surface area contributed by atoms with Gasteiger partial charge >= 0.3 is 12.1 Å². The first kappa shape index (κ1) is 23.3. The highest BCUT2D eigenvalue weighted by molar-refractivity contribution is 5.85. The van der Waals surface area contributed by atoms with Crippen LogP contribution in [0.3, 0.4) is 0 Å². The molecule has 35 heavy (non-hydrogen) atoms. The minimum Gasteiger partial charge on any atom is -0.479 e. The summed E-state index contributed by atoms with van der Waals surface area (Å²) in [6, 6.07) is 15.6. The molecule has 2 aromatic carbocycles. The van der Waals surface area contributed by atoms with Crippen molar-refractivity contribution in [1.82, 2.24) is 10.2 Å². The molecule has 3 aliphatic rings.